The van der Waals surface area contributed by atoms with E-state index in [1.165, 1.54) is 13.2 Å². The van der Waals surface area contributed by atoms with Gasteiger partial charge in [0.05, 0.1) is 22.5 Å². The number of amides is 2. The highest BCUT2D eigenvalue weighted by atomic mass is 32.2. The average Bonchev–Trinajstić information content (AvgIpc) is 2.97. The third kappa shape index (κ3) is 4.26. The van der Waals surface area contributed by atoms with E-state index in [0.717, 1.165) is 11.8 Å². The van der Waals surface area contributed by atoms with E-state index in [4.69, 9.17) is 9.47 Å². The van der Waals surface area contributed by atoms with Crippen LogP contribution >= 0.6 is 11.8 Å². The van der Waals surface area contributed by atoms with Crippen molar-refractivity contribution in [3.63, 3.8) is 0 Å². The van der Waals surface area contributed by atoms with E-state index >= 15 is 0 Å². The molecule has 0 unspecified atom stereocenters. The molecule has 0 bridgehead atoms. The van der Waals surface area contributed by atoms with Crippen molar-refractivity contribution in [2.45, 2.75) is 6.61 Å². The van der Waals surface area contributed by atoms with Crippen LogP contribution in [0.4, 0.5) is 10.5 Å². The molecule has 2 aromatic carbocycles. The molecule has 0 spiro atoms. The standard InChI is InChI=1S/C18H14N2O6S/c1-25-14-7-6-11(9-16-17(21)19-18(22)27-16)8-15(14)26-10-12-4-2-3-5-13(12)20(23)24/h2-9H,10H2,1H3,(H,19,21,22)/b16-9-. The second kappa shape index (κ2) is 7.92. The molecule has 0 aromatic heterocycles. The van der Waals surface area contributed by atoms with Crippen LogP contribution < -0.4 is 14.8 Å². The SMILES string of the molecule is COc1ccc(/C=C2\SC(=O)NC2=O)cc1OCc1ccccc1[N+](=O)[O-]. The van der Waals surface area contributed by atoms with Crippen LogP contribution in [0.3, 0.4) is 0 Å². The number of rotatable bonds is 6. The van der Waals surface area contributed by atoms with Crippen LogP contribution in [0.5, 0.6) is 11.5 Å². The Morgan fingerprint density at radius 3 is 2.63 bits per heavy atom. The van der Waals surface area contributed by atoms with Gasteiger partial charge in [0.2, 0.25) is 0 Å². The van der Waals surface area contributed by atoms with E-state index in [1.807, 2.05) is 0 Å². The summed E-state index contributed by atoms with van der Waals surface area (Å²) in [6.07, 6.45) is 1.56. The number of para-hydroxylation sites is 1. The summed E-state index contributed by atoms with van der Waals surface area (Å²) in [6, 6.07) is 11.3. The topological polar surface area (TPSA) is 108 Å². The van der Waals surface area contributed by atoms with Crippen molar-refractivity contribution in [2.24, 2.45) is 0 Å². The fourth-order valence-electron chi connectivity index (χ4n) is 2.43. The lowest BCUT2D eigenvalue weighted by atomic mass is 10.1. The predicted octanol–water partition coefficient (Wildman–Crippen LogP) is 3.51. The summed E-state index contributed by atoms with van der Waals surface area (Å²) < 4.78 is 11.0. The molecule has 1 saturated heterocycles. The fraction of sp³-hybridized carbons (Fsp3) is 0.111. The maximum absolute atomic E-state index is 11.7. The first-order valence-electron chi connectivity index (χ1n) is 7.76. The molecule has 0 saturated carbocycles. The van der Waals surface area contributed by atoms with Gasteiger partial charge in [-0.15, -0.1) is 0 Å². The number of nitrogens with zero attached hydrogens (tertiary/aromatic N) is 1. The molecule has 3 rings (SSSR count). The highest BCUT2D eigenvalue weighted by Gasteiger charge is 2.25. The molecule has 1 aliphatic heterocycles. The molecule has 138 valence electrons. The Hall–Kier alpha value is -3.33. The van der Waals surface area contributed by atoms with Crippen molar-refractivity contribution in [3.8, 4) is 11.5 Å². The molecule has 1 N–H and O–H groups in total. The molecule has 27 heavy (non-hydrogen) atoms. The molecule has 2 aromatic rings. The molecule has 0 radical (unpaired) electrons. The normalized spacial score (nSPS) is 14.9. The van der Waals surface area contributed by atoms with Crippen LogP contribution in [-0.4, -0.2) is 23.2 Å². The Labute approximate surface area is 158 Å². The minimum Gasteiger partial charge on any atom is -0.493 e. The quantitative estimate of drug-likeness (QED) is 0.460. The summed E-state index contributed by atoms with van der Waals surface area (Å²) in [5, 5.41) is 12.9. The van der Waals surface area contributed by atoms with Gasteiger partial charge >= 0.3 is 0 Å². The molecular weight excluding hydrogens is 372 g/mol. The number of thioether (sulfide) groups is 1. The molecule has 1 heterocycles. The van der Waals surface area contributed by atoms with Gasteiger partial charge in [0, 0.05) is 6.07 Å². The van der Waals surface area contributed by atoms with Crippen molar-refractivity contribution >= 4 is 34.7 Å². The van der Waals surface area contributed by atoms with Crippen LogP contribution in [-0.2, 0) is 11.4 Å². The van der Waals surface area contributed by atoms with Crippen molar-refractivity contribution < 1.29 is 24.0 Å². The number of hydrogen-bond donors (Lipinski definition) is 1. The number of nitro benzene ring substituents is 1. The summed E-state index contributed by atoms with van der Waals surface area (Å²) in [7, 11) is 1.48. The van der Waals surface area contributed by atoms with Gasteiger partial charge in [-0.05, 0) is 41.6 Å². The second-order valence-electron chi connectivity index (χ2n) is 5.44. The first-order valence-corrected chi connectivity index (χ1v) is 8.57. The third-order valence-electron chi connectivity index (χ3n) is 3.70. The fourth-order valence-corrected chi connectivity index (χ4v) is 3.12. The second-order valence-corrected chi connectivity index (χ2v) is 6.45. The van der Waals surface area contributed by atoms with E-state index in [-0.39, 0.29) is 17.2 Å². The monoisotopic (exact) mass is 386 g/mol. The summed E-state index contributed by atoms with van der Waals surface area (Å²) in [6.45, 7) is -0.0265. The predicted molar refractivity (Wildman–Crippen MR) is 99.5 cm³/mol. The minimum atomic E-state index is -0.469. The van der Waals surface area contributed by atoms with Crippen LogP contribution in [0.25, 0.3) is 6.08 Å². The Balaban J connectivity index is 1.85. The van der Waals surface area contributed by atoms with Gasteiger partial charge in [0.15, 0.2) is 11.5 Å². The molecule has 1 aliphatic rings. The van der Waals surface area contributed by atoms with E-state index in [1.54, 1.807) is 42.5 Å². The van der Waals surface area contributed by atoms with Gasteiger partial charge in [-0.1, -0.05) is 18.2 Å². The Morgan fingerprint density at radius 2 is 1.96 bits per heavy atom. The van der Waals surface area contributed by atoms with Gasteiger partial charge in [-0.2, -0.15) is 0 Å². The first-order chi connectivity index (χ1) is 13.0. The summed E-state index contributed by atoms with van der Waals surface area (Å²) in [5.41, 5.74) is 1.01. The lowest BCUT2D eigenvalue weighted by Crippen LogP contribution is -2.17. The van der Waals surface area contributed by atoms with E-state index in [2.05, 4.69) is 5.32 Å². The average molecular weight is 386 g/mol. The molecule has 0 aliphatic carbocycles. The number of benzene rings is 2. The third-order valence-corrected chi connectivity index (χ3v) is 4.51. The van der Waals surface area contributed by atoms with Crippen LogP contribution in [0.2, 0.25) is 0 Å². The lowest BCUT2D eigenvalue weighted by Gasteiger charge is -2.12. The van der Waals surface area contributed by atoms with Gasteiger partial charge in [-0.3, -0.25) is 25.0 Å². The zero-order valence-corrected chi connectivity index (χ0v) is 14.9. The van der Waals surface area contributed by atoms with Gasteiger partial charge in [0.25, 0.3) is 16.8 Å². The summed E-state index contributed by atoms with van der Waals surface area (Å²) in [4.78, 5) is 33.8. The van der Waals surface area contributed by atoms with E-state index in [0.29, 0.717) is 22.6 Å². The van der Waals surface area contributed by atoms with Crippen molar-refractivity contribution in [1.29, 1.82) is 0 Å². The number of carbonyl (C=O) groups excluding carboxylic acids is 2. The van der Waals surface area contributed by atoms with E-state index in [9.17, 15) is 19.7 Å². The van der Waals surface area contributed by atoms with Gasteiger partial charge in [-0.25, -0.2) is 0 Å². The maximum Gasteiger partial charge on any atom is 0.290 e. The number of ether oxygens (including phenoxy) is 2. The summed E-state index contributed by atoms with van der Waals surface area (Å²) in [5.74, 6) is 0.346. The van der Waals surface area contributed by atoms with Crippen LogP contribution in [0.1, 0.15) is 11.1 Å². The summed E-state index contributed by atoms with van der Waals surface area (Å²) >= 11 is 0.814. The lowest BCUT2D eigenvalue weighted by molar-refractivity contribution is -0.385. The Kier molecular flexibility index (Phi) is 5.41. The van der Waals surface area contributed by atoms with Gasteiger partial charge < -0.3 is 9.47 Å². The largest absolute Gasteiger partial charge is 0.493 e. The number of imide groups is 1. The minimum absolute atomic E-state index is 0.0265. The first kappa shape index (κ1) is 18.5. The van der Waals surface area contributed by atoms with Crippen LogP contribution in [0, 0.1) is 10.1 Å². The Bertz CT molecular complexity index is 957. The van der Waals surface area contributed by atoms with Gasteiger partial charge in [0.1, 0.15) is 6.61 Å². The smallest absolute Gasteiger partial charge is 0.290 e. The zero-order chi connectivity index (χ0) is 19.4. The van der Waals surface area contributed by atoms with Crippen LogP contribution in [0.15, 0.2) is 47.4 Å². The molecule has 9 heteroatoms. The molecule has 2 amide bonds. The number of methoxy groups -OCH3 is 1. The number of nitro groups is 1. The number of hydrogen-bond acceptors (Lipinski definition) is 7. The van der Waals surface area contributed by atoms with Crippen molar-refractivity contribution in [3.05, 3.63) is 68.6 Å². The Morgan fingerprint density at radius 1 is 1.19 bits per heavy atom. The molecule has 8 nitrogen and oxygen atoms in total. The van der Waals surface area contributed by atoms with Crippen molar-refractivity contribution in [2.75, 3.05) is 7.11 Å². The zero-order valence-electron chi connectivity index (χ0n) is 14.1. The van der Waals surface area contributed by atoms with E-state index < -0.39 is 16.1 Å². The molecular formula is C18H14N2O6S. The van der Waals surface area contributed by atoms with Crippen molar-refractivity contribution in [1.82, 2.24) is 5.32 Å². The number of carbonyl (C=O) groups is 2. The molecule has 1 fully saturated rings. The molecule has 0 atom stereocenters. The number of nitrogens with one attached hydrogen (secondary N) is 1. The maximum atomic E-state index is 11.7. The highest BCUT2D eigenvalue weighted by molar-refractivity contribution is 8.18. The highest BCUT2D eigenvalue weighted by Crippen LogP contribution is 2.32.